The van der Waals surface area contributed by atoms with Crippen LogP contribution in [0.5, 0.6) is 0 Å². The van der Waals surface area contributed by atoms with E-state index in [2.05, 4.69) is 0 Å². The molecule has 3 N–H and O–H groups in total. The van der Waals surface area contributed by atoms with E-state index in [1.807, 2.05) is 13.8 Å². The summed E-state index contributed by atoms with van der Waals surface area (Å²) in [7, 11) is -4.64. The topological polar surface area (TPSA) is 112 Å². The van der Waals surface area contributed by atoms with E-state index in [0.29, 0.717) is 12.8 Å². The zero-order chi connectivity index (χ0) is 12.3. The van der Waals surface area contributed by atoms with Crippen LogP contribution in [0.25, 0.3) is 0 Å². The van der Waals surface area contributed by atoms with Gasteiger partial charge in [-0.3, -0.25) is 9.59 Å². The van der Waals surface area contributed by atoms with Gasteiger partial charge in [0.15, 0.2) is 0 Å². The fourth-order valence-corrected chi connectivity index (χ4v) is 1.47. The fourth-order valence-electron chi connectivity index (χ4n) is 1.47. The van der Waals surface area contributed by atoms with Crippen molar-refractivity contribution in [1.29, 1.82) is 0 Å². The summed E-state index contributed by atoms with van der Waals surface area (Å²) in [6, 6.07) is 0. The third-order valence-electron chi connectivity index (χ3n) is 1.75. The molecule has 1 saturated carbocycles. The third-order valence-corrected chi connectivity index (χ3v) is 1.75. The number of ketones is 2. The van der Waals surface area contributed by atoms with E-state index in [1.54, 1.807) is 0 Å². The van der Waals surface area contributed by atoms with Crippen molar-refractivity contribution in [1.82, 2.24) is 0 Å². The van der Waals surface area contributed by atoms with Crippen LogP contribution in [-0.4, -0.2) is 26.2 Å². The number of carbonyl (C=O) groups excluding carboxylic acids is 2. The van der Waals surface area contributed by atoms with E-state index in [-0.39, 0.29) is 23.4 Å². The van der Waals surface area contributed by atoms with E-state index in [0.717, 1.165) is 0 Å². The van der Waals surface area contributed by atoms with E-state index < -0.39 is 7.82 Å². The van der Waals surface area contributed by atoms with Crippen molar-refractivity contribution < 1.29 is 28.8 Å². The molecule has 88 valence electrons. The maximum atomic E-state index is 10.9. The minimum absolute atomic E-state index is 0.0770. The molecule has 15 heavy (non-hydrogen) atoms. The SMILES string of the molecule is CC1(C)CC(=O)CC(=O)C1.O=P(O)(O)O. The Labute approximate surface area is 87.5 Å². The normalized spacial score (nSPS) is 20.6. The van der Waals surface area contributed by atoms with Crippen LogP contribution in [0.15, 0.2) is 0 Å². The number of hydrogen-bond acceptors (Lipinski definition) is 3. The standard InChI is InChI=1S/C8H12O2.H3O4P/c1-8(2)4-6(9)3-7(10)5-8;1-5(2,3)4/h3-5H2,1-2H3;(H3,1,2,3,4). The summed E-state index contributed by atoms with van der Waals surface area (Å²) in [4.78, 5) is 43.3. The molecule has 0 bridgehead atoms. The maximum absolute atomic E-state index is 10.9. The van der Waals surface area contributed by atoms with Gasteiger partial charge in [0.2, 0.25) is 0 Å². The largest absolute Gasteiger partial charge is 0.466 e. The monoisotopic (exact) mass is 238 g/mol. The molecule has 6 nitrogen and oxygen atoms in total. The van der Waals surface area contributed by atoms with Crippen LogP contribution in [0.1, 0.15) is 33.1 Å². The molecule has 0 aliphatic heterocycles. The lowest BCUT2D eigenvalue weighted by Gasteiger charge is -2.26. The molecular formula is C8H15O6P. The Bertz CT molecular complexity index is 276. The predicted octanol–water partition coefficient (Wildman–Crippen LogP) is 0.406. The Kier molecular flexibility index (Phi) is 4.80. The molecule has 0 aromatic rings. The van der Waals surface area contributed by atoms with Crippen molar-refractivity contribution in [2.75, 3.05) is 0 Å². The number of Topliss-reactive ketones (excluding diaryl/α,β-unsaturated/α-hetero) is 2. The Morgan fingerprint density at radius 1 is 1.07 bits per heavy atom. The Morgan fingerprint density at radius 2 is 1.33 bits per heavy atom. The number of hydrogen-bond donors (Lipinski definition) is 3. The lowest BCUT2D eigenvalue weighted by molar-refractivity contribution is -0.133. The average Bonchev–Trinajstić information content (AvgIpc) is 1.73. The minimum atomic E-state index is -4.64. The Hall–Kier alpha value is -0.550. The van der Waals surface area contributed by atoms with Crippen LogP contribution in [0, 0.1) is 5.41 Å². The van der Waals surface area contributed by atoms with Crippen molar-refractivity contribution in [3.05, 3.63) is 0 Å². The molecule has 0 radical (unpaired) electrons. The molecule has 1 aliphatic rings. The van der Waals surface area contributed by atoms with Crippen LogP contribution in [-0.2, 0) is 14.2 Å². The van der Waals surface area contributed by atoms with Gasteiger partial charge in [-0.25, -0.2) is 4.57 Å². The second kappa shape index (κ2) is 4.99. The summed E-state index contributed by atoms with van der Waals surface area (Å²) in [6.45, 7) is 3.92. The summed E-state index contributed by atoms with van der Waals surface area (Å²) < 4.78 is 8.88. The highest BCUT2D eigenvalue weighted by molar-refractivity contribution is 7.45. The Balaban J connectivity index is 0.000000336. The molecule has 7 heteroatoms. The molecule has 1 rings (SSSR count). The zero-order valence-corrected chi connectivity index (χ0v) is 9.53. The highest BCUT2D eigenvalue weighted by atomic mass is 31.2. The van der Waals surface area contributed by atoms with E-state index in [4.69, 9.17) is 19.2 Å². The van der Waals surface area contributed by atoms with E-state index >= 15 is 0 Å². The van der Waals surface area contributed by atoms with Gasteiger partial charge in [0.1, 0.15) is 11.6 Å². The first-order valence-corrected chi connectivity index (χ1v) is 5.88. The molecular weight excluding hydrogens is 223 g/mol. The first kappa shape index (κ1) is 14.5. The van der Waals surface area contributed by atoms with Gasteiger partial charge < -0.3 is 14.7 Å². The molecule has 1 fully saturated rings. The molecule has 0 aromatic heterocycles. The highest BCUT2D eigenvalue weighted by Crippen LogP contribution is 2.30. The van der Waals surface area contributed by atoms with E-state index in [9.17, 15) is 9.59 Å². The summed E-state index contributed by atoms with van der Waals surface area (Å²) in [5.41, 5.74) is -0.0770. The van der Waals surface area contributed by atoms with Gasteiger partial charge in [0.05, 0.1) is 6.42 Å². The summed E-state index contributed by atoms with van der Waals surface area (Å²) in [5.74, 6) is 0.197. The third kappa shape index (κ3) is 9.75. The molecule has 0 unspecified atom stereocenters. The zero-order valence-electron chi connectivity index (χ0n) is 8.63. The molecule has 0 saturated heterocycles. The van der Waals surface area contributed by atoms with Gasteiger partial charge in [0.25, 0.3) is 0 Å². The molecule has 0 aromatic carbocycles. The van der Waals surface area contributed by atoms with Crippen LogP contribution < -0.4 is 0 Å². The van der Waals surface area contributed by atoms with Crippen LogP contribution in [0.4, 0.5) is 0 Å². The number of carbonyl (C=O) groups is 2. The molecule has 0 amide bonds. The summed E-state index contributed by atoms with van der Waals surface area (Å²) >= 11 is 0. The lowest BCUT2D eigenvalue weighted by Crippen LogP contribution is -2.28. The molecule has 0 heterocycles. The van der Waals surface area contributed by atoms with Crippen LogP contribution in [0.3, 0.4) is 0 Å². The number of rotatable bonds is 0. The van der Waals surface area contributed by atoms with Crippen molar-refractivity contribution in [2.45, 2.75) is 33.1 Å². The predicted molar refractivity (Wildman–Crippen MR) is 51.9 cm³/mol. The van der Waals surface area contributed by atoms with Gasteiger partial charge in [-0.05, 0) is 5.41 Å². The first-order valence-electron chi connectivity index (χ1n) is 4.31. The molecule has 1 aliphatic carbocycles. The second-order valence-corrected chi connectivity index (χ2v) is 5.31. The van der Waals surface area contributed by atoms with Crippen LogP contribution >= 0.6 is 7.82 Å². The highest BCUT2D eigenvalue weighted by Gasteiger charge is 2.31. The second-order valence-electron chi connectivity index (χ2n) is 4.29. The molecule has 0 atom stereocenters. The number of phosphoric acid groups is 1. The van der Waals surface area contributed by atoms with Gasteiger partial charge in [0, 0.05) is 12.8 Å². The van der Waals surface area contributed by atoms with Crippen molar-refractivity contribution in [2.24, 2.45) is 5.41 Å². The Morgan fingerprint density at radius 3 is 1.53 bits per heavy atom. The fraction of sp³-hybridized carbons (Fsp3) is 0.750. The summed E-state index contributed by atoms with van der Waals surface area (Å²) in [5, 5.41) is 0. The van der Waals surface area contributed by atoms with Gasteiger partial charge in [-0.1, -0.05) is 13.8 Å². The van der Waals surface area contributed by atoms with Gasteiger partial charge >= 0.3 is 7.82 Å². The van der Waals surface area contributed by atoms with Crippen molar-refractivity contribution in [3.8, 4) is 0 Å². The van der Waals surface area contributed by atoms with E-state index in [1.165, 1.54) is 0 Å². The maximum Gasteiger partial charge on any atom is 0.466 e. The smallest absolute Gasteiger partial charge is 0.303 e. The minimum Gasteiger partial charge on any atom is -0.303 e. The van der Waals surface area contributed by atoms with Crippen molar-refractivity contribution in [3.63, 3.8) is 0 Å². The van der Waals surface area contributed by atoms with Crippen molar-refractivity contribution >= 4 is 19.4 Å². The molecule has 0 spiro atoms. The van der Waals surface area contributed by atoms with Crippen LogP contribution in [0.2, 0.25) is 0 Å². The lowest BCUT2D eigenvalue weighted by atomic mass is 9.76. The van der Waals surface area contributed by atoms with Gasteiger partial charge in [-0.15, -0.1) is 0 Å². The van der Waals surface area contributed by atoms with Gasteiger partial charge in [-0.2, -0.15) is 0 Å². The summed E-state index contributed by atoms with van der Waals surface area (Å²) in [6.07, 6.45) is 1.31. The average molecular weight is 238 g/mol. The first-order chi connectivity index (χ1) is 6.49. The quantitative estimate of drug-likeness (QED) is 0.416.